The first-order chi connectivity index (χ1) is 18.4. The molecular formula is C28H29N7O3. The van der Waals surface area contributed by atoms with E-state index in [0.717, 1.165) is 16.8 Å². The number of nitrogens with two attached hydrogens (primary N) is 1. The number of aromatic nitrogens is 1. The minimum atomic E-state index is -1.21. The Morgan fingerprint density at radius 1 is 1.16 bits per heavy atom. The summed E-state index contributed by atoms with van der Waals surface area (Å²) >= 11 is 0. The van der Waals surface area contributed by atoms with Gasteiger partial charge in [-0.05, 0) is 32.0 Å². The number of hydrogen-bond donors (Lipinski definition) is 3. The number of rotatable bonds is 4. The molecule has 1 amide bonds. The fourth-order valence-electron chi connectivity index (χ4n) is 4.45. The zero-order chi connectivity index (χ0) is 26.6. The van der Waals surface area contributed by atoms with Gasteiger partial charge in [0, 0.05) is 23.4 Å². The van der Waals surface area contributed by atoms with Crippen molar-refractivity contribution in [2.75, 3.05) is 30.0 Å². The monoisotopic (exact) mass is 511 g/mol. The number of ether oxygens (including phenoxy) is 2. The van der Waals surface area contributed by atoms with Crippen LogP contribution >= 0.6 is 0 Å². The summed E-state index contributed by atoms with van der Waals surface area (Å²) < 4.78 is 11.2. The van der Waals surface area contributed by atoms with Crippen molar-refractivity contribution < 1.29 is 14.3 Å². The van der Waals surface area contributed by atoms with E-state index in [1.165, 1.54) is 0 Å². The number of benzodiazepines with no additional fused rings is 1. The van der Waals surface area contributed by atoms with Crippen molar-refractivity contribution in [3.05, 3.63) is 89.1 Å². The summed E-state index contributed by atoms with van der Waals surface area (Å²) in [5.41, 5.74) is 10.2. The molecule has 0 saturated carbocycles. The van der Waals surface area contributed by atoms with Crippen LogP contribution in [0.5, 0.6) is 0 Å². The van der Waals surface area contributed by atoms with Gasteiger partial charge >= 0.3 is 0 Å². The van der Waals surface area contributed by atoms with Gasteiger partial charge in [-0.2, -0.15) is 4.99 Å². The number of carbonyl (C=O) groups excluding carboxylic acids is 1. The topological polar surface area (TPSA) is 138 Å². The Hall–Kier alpha value is -4.57. The van der Waals surface area contributed by atoms with Gasteiger partial charge in [-0.3, -0.25) is 10.2 Å². The summed E-state index contributed by atoms with van der Waals surface area (Å²) in [5, 5.41) is 11.5. The molecule has 194 valence electrons. The van der Waals surface area contributed by atoms with Crippen LogP contribution in [0, 0.1) is 12.3 Å². The first-order valence-electron chi connectivity index (χ1n) is 12.4. The second-order valence-corrected chi connectivity index (χ2v) is 9.09. The molecule has 5 rings (SSSR count). The van der Waals surface area contributed by atoms with E-state index >= 15 is 0 Å². The first-order valence-corrected chi connectivity index (χ1v) is 12.4. The van der Waals surface area contributed by atoms with E-state index in [4.69, 9.17) is 20.6 Å². The molecule has 10 nitrogen and oxygen atoms in total. The molecule has 3 aromatic rings. The number of anilines is 2. The fourth-order valence-corrected chi connectivity index (χ4v) is 4.45. The summed E-state index contributed by atoms with van der Waals surface area (Å²) in [6.45, 7) is 5.70. The molecule has 0 unspecified atom stereocenters. The van der Waals surface area contributed by atoms with Gasteiger partial charge in [0.25, 0.3) is 11.9 Å². The van der Waals surface area contributed by atoms with Crippen LogP contribution in [0.15, 0.2) is 76.7 Å². The summed E-state index contributed by atoms with van der Waals surface area (Å²) in [6.07, 6.45) is -1.21. The molecule has 1 fully saturated rings. The van der Waals surface area contributed by atoms with Gasteiger partial charge in [0.15, 0.2) is 0 Å². The lowest BCUT2D eigenvalue weighted by Crippen LogP contribution is -2.45. The molecule has 0 bridgehead atoms. The Kier molecular flexibility index (Phi) is 7.14. The number of morpholine rings is 1. The highest BCUT2D eigenvalue weighted by atomic mass is 16.5. The van der Waals surface area contributed by atoms with Crippen molar-refractivity contribution in [3.8, 4) is 0 Å². The molecule has 0 aliphatic carbocycles. The van der Waals surface area contributed by atoms with Crippen LogP contribution in [-0.2, 0) is 14.3 Å². The molecule has 10 heteroatoms. The largest absolute Gasteiger partial charge is 0.407 e. The molecule has 0 spiro atoms. The third kappa shape index (κ3) is 5.25. The Morgan fingerprint density at radius 3 is 2.71 bits per heavy atom. The number of aliphatic imine (C=N–C) groups is 2. The van der Waals surface area contributed by atoms with Crippen molar-refractivity contribution in [2.45, 2.75) is 26.1 Å². The van der Waals surface area contributed by atoms with E-state index in [-0.39, 0.29) is 18.0 Å². The molecule has 4 N–H and O–H groups in total. The van der Waals surface area contributed by atoms with Gasteiger partial charge in [-0.25, -0.2) is 9.98 Å². The number of amides is 1. The second kappa shape index (κ2) is 10.8. The highest BCUT2D eigenvalue weighted by Gasteiger charge is 2.27. The summed E-state index contributed by atoms with van der Waals surface area (Å²) in [4.78, 5) is 28.7. The number of fused-ring (bicyclic) bond motifs is 1. The highest BCUT2D eigenvalue weighted by molar-refractivity contribution is 6.19. The maximum atomic E-state index is 13.1. The molecule has 1 saturated heterocycles. The lowest BCUT2D eigenvalue weighted by molar-refractivity contribution is -0.117. The van der Waals surface area contributed by atoms with Crippen molar-refractivity contribution in [1.82, 2.24) is 4.98 Å². The van der Waals surface area contributed by atoms with Crippen LogP contribution in [0.25, 0.3) is 0 Å². The number of pyridine rings is 1. The number of hydrogen-bond acceptors (Lipinski definition) is 8. The SMILES string of the molecule is Cc1ccc(C(=N)OC(N)=N[C@H]2N=C(c3ccccc3)c3ccccc3NC2=O)c(N2CCOC[C@H]2C)n1. The van der Waals surface area contributed by atoms with Crippen molar-refractivity contribution in [3.63, 3.8) is 0 Å². The summed E-state index contributed by atoms with van der Waals surface area (Å²) in [6, 6.07) is 20.3. The maximum absolute atomic E-state index is 13.1. The van der Waals surface area contributed by atoms with E-state index in [1.54, 1.807) is 6.07 Å². The Morgan fingerprint density at radius 2 is 1.92 bits per heavy atom. The van der Waals surface area contributed by atoms with E-state index in [1.807, 2.05) is 74.5 Å². The Labute approximate surface area is 220 Å². The van der Waals surface area contributed by atoms with Gasteiger partial charge in [0.2, 0.25) is 12.1 Å². The molecule has 2 atom stereocenters. The Balaban J connectivity index is 1.44. The van der Waals surface area contributed by atoms with Crippen LogP contribution in [0.1, 0.15) is 29.3 Å². The number of nitrogens with one attached hydrogen (secondary N) is 2. The lowest BCUT2D eigenvalue weighted by Gasteiger charge is -2.35. The number of carbonyl (C=O) groups is 1. The van der Waals surface area contributed by atoms with Crippen LogP contribution in [0.4, 0.5) is 11.5 Å². The van der Waals surface area contributed by atoms with E-state index < -0.39 is 12.1 Å². The smallest absolute Gasteiger partial charge is 0.291 e. The second-order valence-electron chi connectivity index (χ2n) is 9.09. The number of aryl methyl sites for hydroxylation is 1. The number of amidine groups is 1. The van der Waals surface area contributed by atoms with Crippen molar-refractivity contribution >= 4 is 35.0 Å². The van der Waals surface area contributed by atoms with Gasteiger partial charge in [0.05, 0.1) is 36.2 Å². The number of benzene rings is 2. The van der Waals surface area contributed by atoms with Gasteiger partial charge in [-0.1, -0.05) is 48.5 Å². The molecule has 2 aliphatic heterocycles. The minimum Gasteiger partial charge on any atom is -0.407 e. The number of para-hydroxylation sites is 1. The van der Waals surface area contributed by atoms with Crippen LogP contribution in [0.3, 0.4) is 0 Å². The molecule has 1 aromatic heterocycles. The first kappa shape index (κ1) is 25.1. The summed E-state index contributed by atoms with van der Waals surface area (Å²) in [5.74, 6) is -0.0658. The number of nitrogens with zero attached hydrogens (tertiary/aromatic N) is 4. The average molecular weight is 512 g/mol. The maximum Gasteiger partial charge on any atom is 0.291 e. The normalized spacial score (nSPS) is 19.6. The molecular weight excluding hydrogens is 482 g/mol. The Bertz CT molecular complexity index is 1420. The molecule has 2 aliphatic rings. The van der Waals surface area contributed by atoms with E-state index in [0.29, 0.717) is 42.5 Å². The fraction of sp³-hybridized carbons (Fsp3) is 0.250. The standard InChI is InChI=1S/C28H29N7O3/c1-17-12-13-21(26(31-17)35-14-15-37-16-18(35)2)24(29)38-28(30)34-25-27(36)32-22-11-7-6-10-20(22)23(33-25)19-8-4-3-5-9-19/h3-13,18,25,29H,14-16H2,1-2H3,(H2,30,34)(H,32,36)/t18-,25-/m1/s1. The average Bonchev–Trinajstić information content (AvgIpc) is 3.05. The summed E-state index contributed by atoms with van der Waals surface area (Å²) in [7, 11) is 0. The quantitative estimate of drug-likeness (QED) is 0.364. The van der Waals surface area contributed by atoms with Crippen LogP contribution in [0.2, 0.25) is 0 Å². The molecule has 38 heavy (non-hydrogen) atoms. The van der Waals surface area contributed by atoms with Crippen molar-refractivity contribution in [1.29, 1.82) is 5.41 Å². The van der Waals surface area contributed by atoms with Gasteiger partial charge < -0.3 is 25.4 Å². The highest BCUT2D eigenvalue weighted by Crippen LogP contribution is 2.26. The van der Waals surface area contributed by atoms with Gasteiger partial charge in [-0.15, -0.1) is 0 Å². The molecule has 3 heterocycles. The van der Waals surface area contributed by atoms with E-state index in [2.05, 4.69) is 25.2 Å². The van der Waals surface area contributed by atoms with Gasteiger partial charge in [0.1, 0.15) is 5.82 Å². The van der Waals surface area contributed by atoms with Crippen molar-refractivity contribution in [2.24, 2.45) is 15.7 Å². The minimum absolute atomic E-state index is 0.0812. The molecule has 2 aromatic carbocycles. The zero-order valence-corrected chi connectivity index (χ0v) is 21.2. The lowest BCUT2D eigenvalue weighted by atomic mass is 10.0. The predicted octanol–water partition coefficient (Wildman–Crippen LogP) is 3.09. The van der Waals surface area contributed by atoms with Crippen LogP contribution in [-0.4, -0.2) is 60.5 Å². The van der Waals surface area contributed by atoms with E-state index in [9.17, 15) is 4.79 Å². The van der Waals surface area contributed by atoms with Crippen LogP contribution < -0.4 is 16.0 Å². The third-order valence-electron chi connectivity index (χ3n) is 6.33. The third-order valence-corrected chi connectivity index (χ3v) is 6.33. The zero-order valence-electron chi connectivity index (χ0n) is 21.2. The molecule has 0 radical (unpaired) electrons. The predicted molar refractivity (Wildman–Crippen MR) is 147 cm³/mol.